The van der Waals surface area contributed by atoms with Crippen molar-refractivity contribution in [3.63, 3.8) is 0 Å². The molecule has 1 N–H and O–H groups in total. The van der Waals surface area contributed by atoms with Gasteiger partial charge < -0.3 is 19.6 Å². The van der Waals surface area contributed by atoms with E-state index >= 15 is 0 Å². The summed E-state index contributed by atoms with van der Waals surface area (Å²) in [5.41, 5.74) is 2.61. The molecular weight excluding hydrogens is 467 g/mol. The van der Waals surface area contributed by atoms with Gasteiger partial charge in [0.1, 0.15) is 12.3 Å². The minimum Gasteiger partial charge on any atom is -0.494 e. The van der Waals surface area contributed by atoms with Crippen LogP contribution >= 0.6 is 0 Å². The fourth-order valence-electron chi connectivity index (χ4n) is 3.88. The van der Waals surface area contributed by atoms with E-state index in [1.165, 1.54) is 13.3 Å². The Morgan fingerprint density at radius 2 is 2.00 bits per heavy atom. The number of carbonyl (C=O) groups excluding carboxylic acids is 2. The van der Waals surface area contributed by atoms with Gasteiger partial charge in [-0.2, -0.15) is 17.9 Å². The average molecular weight is 495 g/mol. The lowest BCUT2D eigenvalue weighted by Crippen LogP contribution is -2.41. The Morgan fingerprint density at radius 1 is 1.23 bits per heavy atom. The van der Waals surface area contributed by atoms with Gasteiger partial charge in [-0.05, 0) is 54.3 Å². The molecule has 1 aromatic heterocycles. The van der Waals surface area contributed by atoms with Gasteiger partial charge in [0.15, 0.2) is 5.49 Å². The van der Waals surface area contributed by atoms with Crippen LogP contribution in [0.4, 0.5) is 13.2 Å². The monoisotopic (exact) mass is 495 g/mol. The van der Waals surface area contributed by atoms with E-state index in [0.717, 1.165) is 15.2 Å². The number of ether oxygens (including phenoxy) is 2. The first-order chi connectivity index (χ1) is 16.6. The Hall–Kier alpha value is -3.50. The van der Waals surface area contributed by atoms with Crippen LogP contribution in [-0.2, 0) is 27.3 Å². The molecule has 1 atom stereocenters. The van der Waals surface area contributed by atoms with Crippen LogP contribution in [0.3, 0.4) is 0 Å². The lowest BCUT2D eigenvalue weighted by molar-refractivity contribution is -0.165. The largest absolute Gasteiger partial charge is 0.494 e. The number of hydrogen-bond donors (Lipinski definition) is 1. The number of alkyl halides is 3. The number of methoxy groups -OCH3 is 1. The first-order valence-corrected chi connectivity index (χ1v) is 11.1. The summed E-state index contributed by atoms with van der Waals surface area (Å²) < 4.78 is 50.7. The van der Waals surface area contributed by atoms with Gasteiger partial charge in [0.25, 0.3) is 0 Å². The fraction of sp³-hybridized carbons (Fsp3) is 0.458. The number of halogens is 3. The van der Waals surface area contributed by atoms with E-state index in [4.69, 9.17) is 4.74 Å². The molecule has 3 rings (SSSR count). The van der Waals surface area contributed by atoms with Crippen LogP contribution in [0.2, 0.25) is 0 Å². The second-order valence-corrected chi connectivity index (χ2v) is 8.41. The second kappa shape index (κ2) is 11.3. The van der Waals surface area contributed by atoms with Crippen molar-refractivity contribution in [2.24, 2.45) is 10.9 Å². The molecule has 0 unspecified atom stereocenters. The summed E-state index contributed by atoms with van der Waals surface area (Å²) in [4.78, 5) is 29.6. The van der Waals surface area contributed by atoms with Crippen molar-refractivity contribution < 1.29 is 37.4 Å². The van der Waals surface area contributed by atoms with Crippen molar-refractivity contribution in [3.05, 3.63) is 58.7 Å². The molecule has 35 heavy (non-hydrogen) atoms. The van der Waals surface area contributed by atoms with Crippen LogP contribution in [0.5, 0.6) is 5.75 Å². The van der Waals surface area contributed by atoms with E-state index in [1.807, 2.05) is 6.92 Å². The number of aromatic nitrogens is 1. The van der Waals surface area contributed by atoms with Gasteiger partial charge in [-0.1, -0.05) is 6.07 Å². The van der Waals surface area contributed by atoms with Crippen molar-refractivity contribution in [2.75, 3.05) is 26.8 Å². The summed E-state index contributed by atoms with van der Waals surface area (Å²) >= 11 is 0. The molecule has 2 aromatic rings. The maximum absolute atomic E-state index is 13.1. The molecule has 0 radical (unpaired) electrons. The fourth-order valence-corrected chi connectivity index (χ4v) is 3.88. The van der Waals surface area contributed by atoms with Gasteiger partial charge in [-0.15, -0.1) is 0 Å². The standard InChI is InChI=1S/C24H28F3N3O5/c1-16-6-8-30(33)21(10-16)28-7-3-9-35-20-5-4-17-11-18(13-22(31)34-2)23(32)29(14-19(17)12-20)15-24(25,26)27/h4-6,8,10,12,18,33H,3,7,9,11,13-15H2,1-2H3/t18-/m0/s1. The summed E-state index contributed by atoms with van der Waals surface area (Å²) in [5.74, 6) is -1.86. The van der Waals surface area contributed by atoms with Crippen LogP contribution in [0.25, 0.3) is 0 Å². The molecule has 0 bridgehead atoms. The molecule has 1 aromatic carbocycles. The first-order valence-electron chi connectivity index (χ1n) is 11.1. The SMILES string of the molecule is COC(=O)C[C@@H]1Cc2ccc(OCCCN=c3cc(C)ccn3O)cc2CN(CC(F)(F)F)C1=O. The average Bonchev–Trinajstić information content (AvgIpc) is 2.91. The van der Waals surface area contributed by atoms with Crippen LogP contribution in [0, 0.1) is 12.8 Å². The zero-order chi connectivity index (χ0) is 25.6. The summed E-state index contributed by atoms with van der Waals surface area (Å²) in [5, 5.41) is 9.76. The molecule has 190 valence electrons. The van der Waals surface area contributed by atoms with Crippen LogP contribution < -0.4 is 10.2 Å². The first kappa shape index (κ1) is 26.1. The Labute approximate surface area is 200 Å². The van der Waals surface area contributed by atoms with E-state index in [2.05, 4.69) is 9.73 Å². The van der Waals surface area contributed by atoms with Crippen molar-refractivity contribution >= 4 is 11.9 Å². The Balaban J connectivity index is 1.69. The molecule has 0 saturated carbocycles. The summed E-state index contributed by atoms with van der Waals surface area (Å²) in [6, 6.07) is 8.53. The molecule has 0 aliphatic carbocycles. The molecule has 1 aliphatic rings. The maximum Gasteiger partial charge on any atom is 0.406 e. The highest BCUT2D eigenvalue weighted by molar-refractivity contribution is 5.84. The van der Waals surface area contributed by atoms with Crippen LogP contribution in [-0.4, -0.2) is 59.7 Å². The number of carbonyl (C=O) groups is 2. The zero-order valence-electron chi connectivity index (χ0n) is 19.5. The van der Waals surface area contributed by atoms with E-state index < -0.39 is 30.5 Å². The molecule has 0 saturated heterocycles. The number of pyridine rings is 1. The number of fused-ring (bicyclic) bond motifs is 1. The Morgan fingerprint density at radius 3 is 2.71 bits per heavy atom. The Bertz CT molecular complexity index is 1130. The van der Waals surface area contributed by atoms with Crippen molar-refractivity contribution in [2.45, 2.75) is 38.9 Å². The predicted octanol–water partition coefficient (Wildman–Crippen LogP) is 3.03. The molecular formula is C24H28F3N3O5. The van der Waals surface area contributed by atoms with Gasteiger partial charge in [0, 0.05) is 25.7 Å². The quantitative estimate of drug-likeness (QED) is 0.345. The lowest BCUT2D eigenvalue weighted by atomic mass is 9.94. The number of nitrogens with zero attached hydrogens (tertiary/aromatic N) is 3. The van der Waals surface area contributed by atoms with Crippen LogP contribution in [0.1, 0.15) is 29.5 Å². The highest BCUT2D eigenvalue weighted by atomic mass is 19.4. The minimum absolute atomic E-state index is 0.133. The minimum atomic E-state index is -4.57. The van der Waals surface area contributed by atoms with Gasteiger partial charge in [0.05, 0.1) is 26.1 Å². The topological polar surface area (TPSA) is 93.4 Å². The third kappa shape index (κ3) is 7.49. The molecule has 11 heteroatoms. The van der Waals surface area contributed by atoms with Crippen molar-refractivity contribution in [1.29, 1.82) is 0 Å². The van der Waals surface area contributed by atoms with E-state index in [1.54, 1.807) is 30.3 Å². The Kier molecular flexibility index (Phi) is 8.42. The van der Waals surface area contributed by atoms with Crippen molar-refractivity contribution in [1.82, 2.24) is 9.63 Å². The molecule has 8 nitrogen and oxygen atoms in total. The number of amides is 1. The van der Waals surface area contributed by atoms with E-state index in [0.29, 0.717) is 41.9 Å². The summed E-state index contributed by atoms with van der Waals surface area (Å²) in [7, 11) is 1.17. The lowest BCUT2D eigenvalue weighted by Gasteiger charge is -2.25. The summed E-state index contributed by atoms with van der Waals surface area (Å²) in [6.45, 7) is 0.955. The third-order valence-corrected chi connectivity index (χ3v) is 5.59. The highest BCUT2D eigenvalue weighted by Gasteiger charge is 2.38. The number of rotatable bonds is 8. The van der Waals surface area contributed by atoms with Crippen molar-refractivity contribution in [3.8, 4) is 5.75 Å². The number of benzene rings is 1. The number of hydrogen-bond acceptors (Lipinski definition) is 6. The number of aryl methyl sites for hydroxylation is 1. The smallest absolute Gasteiger partial charge is 0.406 e. The molecule has 1 aliphatic heterocycles. The molecule has 0 spiro atoms. The molecule has 2 heterocycles. The molecule has 1 amide bonds. The van der Waals surface area contributed by atoms with E-state index in [-0.39, 0.29) is 19.4 Å². The van der Waals surface area contributed by atoms with Gasteiger partial charge >= 0.3 is 12.1 Å². The predicted molar refractivity (Wildman–Crippen MR) is 119 cm³/mol. The zero-order valence-corrected chi connectivity index (χ0v) is 19.5. The van der Waals surface area contributed by atoms with Gasteiger partial charge in [-0.25, -0.2) is 0 Å². The second-order valence-electron chi connectivity index (χ2n) is 8.41. The normalized spacial score (nSPS) is 16.6. The van der Waals surface area contributed by atoms with Gasteiger partial charge in [-0.3, -0.25) is 14.6 Å². The highest BCUT2D eigenvalue weighted by Crippen LogP contribution is 2.30. The third-order valence-electron chi connectivity index (χ3n) is 5.59. The summed E-state index contributed by atoms with van der Waals surface area (Å²) in [6.07, 6.45) is -2.68. The maximum atomic E-state index is 13.1. The van der Waals surface area contributed by atoms with Crippen LogP contribution in [0.15, 0.2) is 41.5 Å². The van der Waals surface area contributed by atoms with E-state index in [9.17, 15) is 28.0 Å². The number of esters is 1. The molecule has 0 fully saturated rings. The van der Waals surface area contributed by atoms with Gasteiger partial charge in [0.2, 0.25) is 5.91 Å².